The Balaban J connectivity index is 1.60. The minimum atomic E-state index is -0.00628. The number of aromatic nitrogens is 3. The number of rotatable bonds is 10. The van der Waals surface area contributed by atoms with Gasteiger partial charge in [-0.3, -0.25) is 0 Å². The second-order valence-corrected chi connectivity index (χ2v) is 7.76. The van der Waals surface area contributed by atoms with E-state index in [1.807, 2.05) is 13.8 Å². The van der Waals surface area contributed by atoms with Gasteiger partial charge >= 0.3 is 6.01 Å². The summed E-state index contributed by atoms with van der Waals surface area (Å²) in [5.41, 5.74) is 5.08. The normalized spacial score (nSPS) is 10.8. The fraction of sp³-hybridized carbons (Fsp3) is 0.375. The van der Waals surface area contributed by atoms with Crippen molar-refractivity contribution in [3.63, 3.8) is 0 Å². The molecule has 2 aromatic carbocycles. The minimum Gasteiger partial charge on any atom is -0.461 e. The van der Waals surface area contributed by atoms with Crippen LogP contribution in [0.3, 0.4) is 0 Å². The third-order valence-corrected chi connectivity index (χ3v) is 4.59. The Morgan fingerprint density at radius 3 is 1.53 bits per heavy atom. The van der Waals surface area contributed by atoms with E-state index in [9.17, 15) is 0 Å². The molecule has 2 N–H and O–H groups in total. The number of benzene rings is 2. The number of aryl methyl sites for hydroxylation is 2. The highest BCUT2D eigenvalue weighted by molar-refractivity contribution is 5.36. The topological polar surface area (TPSA) is 72.0 Å². The molecule has 0 aliphatic rings. The average Bonchev–Trinajstić information content (AvgIpc) is 2.70. The lowest BCUT2D eigenvalue weighted by Crippen LogP contribution is -2.16. The van der Waals surface area contributed by atoms with Crippen LogP contribution in [0.25, 0.3) is 0 Å². The molecule has 1 heterocycles. The van der Waals surface area contributed by atoms with Crippen molar-refractivity contribution in [1.82, 2.24) is 15.0 Å². The standard InChI is InChI=1S/C24H31N5O/c1-17(2)30-24-28-22(25-15-13-20-9-5-18(3)6-10-20)27-23(29-24)26-16-14-21-11-7-19(4)8-12-21/h5-12,17H,13-16H2,1-4H3,(H2,25,26,27,28,29). The van der Waals surface area contributed by atoms with Crippen LogP contribution in [-0.4, -0.2) is 34.1 Å². The van der Waals surface area contributed by atoms with Crippen LogP contribution in [0.4, 0.5) is 11.9 Å². The van der Waals surface area contributed by atoms with Crippen molar-refractivity contribution >= 4 is 11.9 Å². The predicted molar refractivity (Wildman–Crippen MR) is 122 cm³/mol. The molecule has 0 fully saturated rings. The van der Waals surface area contributed by atoms with E-state index in [1.165, 1.54) is 22.3 Å². The molecule has 0 atom stereocenters. The highest BCUT2D eigenvalue weighted by Crippen LogP contribution is 2.13. The Morgan fingerprint density at radius 1 is 0.700 bits per heavy atom. The molecular formula is C24H31N5O. The van der Waals surface area contributed by atoms with Crippen LogP contribution in [0.5, 0.6) is 6.01 Å². The first-order valence-corrected chi connectivity index (χ1v) is 10.5. The summed E-state index contributed by atoms with van der Waals surface area (Å²) < 4.78 is 5.71. The number of anilines is 2. The first-order chi connectivity index (χ1) is 14.5. The molecule has 0 aliphatic carbocycles. The van der Waals surface area contributed by atoms with Crippen LogP contribution in [0.2, 0.25) is 0 Å². The van der Waals surface area contributed by atoms with Crippen LogP contribution in [0, 0.1) is 13.8 Å². The lowest BCUT2D eigenvalue weighted by molar-refractivity contribution is 0.222. The van der Waals surface area contributed by atoms with Crippen molar-refractivity contribution in [3.8, 4) is 6.01 Å². The minimum absolute atomic E-state index is 0.00628. The molecule has 0 spiro atoms. The van der Waals surface area contributed by atoms with Crippen LogP contribution in [0.15, 0.2) is 48.5 Å². The van der Waals surface area contributed by atoms with Gasteiger partial charge in [0, 0.05) is 13.1 Å². The monoisotopic (exact) mass is 405 g/mol. The maximum Gasteiger partial charge on any atom is 0.323 e. The summed E-state index contributed by atoms with van der Waals surface area (Å²) in [7, 11) is 0. The molecule has 0 aliphatic heterocycles. The van der Waals surface area contributed by atoms with Gasteiger partial charge in [0.15, 0.2) is 0 Å². The molecule has 6 heteroatoms. The molecule has 30 heavy (non-hydrogen) atoms. The van der Waals surface area contributed by atoms with Crippen molar-refractivity contribution in [2.45, 2.75) is 46.6 Å². The molecule has 3 aromatic rings. The van der Waals surface area contributed by atoms with Crippen LogP contribution >= 0.6 is 0 Å². The Labute approximate surface area is 179 Å². The van der Waals surface area contributed by atoms with Crippen LogP contribution in [-0.2, 0) is 12.8 Å². The van der Waals surface area contributed by atoms with Gasteiger partial charge in [-0.1, -0.05) is 59.7 Å². The number of ether oxygens (including phenoxy) is 1. The van der Waals surface area contributed by atoms with Gasteiger partial charge in [0.1, 0.15) is 0 Å². The molecule has 158 valence electrons. The lowest BCUT2D eigenvalue weighted by Gasteiger charge is -2.12. The smallest absolute Gasteiger partial charge is 0.323 e. The van der Waals surface area contributed by atoms with Crippen LogP contribution in [0.1, 0.15) is 36.1 Å². The molecule has 6 nitrogen and oxygen atoms in total. The third kappa shape index (κ3) is 7.03. The first-order valence-electron chi connectivity index (χ1n) is 10.5. The Morgan fingerprint density at radius 2 is 1.13 bits per heavy atom. The van der Waals surface area contributed by atoms with E-state index in [0.717, 1.165) is 25.9 Å². The molecule has 0 radical (unpaired) electrons. The van der Waals surface area contributed by atoms with Crippen molar-refractivity contribution in [2.24, 2.45) is 0 Å². The average molecular weight is 406 g/mol. The second-order valence-electron chi connectivity index (χ2n) is 7.76. The van der Waals surface area contributed by atoms with E-state index in [1.54, 1.807) is 0 Å². The number of hydrogen-bond donors (Lipinski definition) is 2. The van der Waals surface area contributed by atoms with Crippen molar-refractivity contribution in [1.29, 1.82) is 0 Å². The van der Waals surface area contributed by atoms with Gasteiger partial charge < -0.3 is 15.4 Å². The van der Waals surface area contributed by atoms with Gasteiger partial charge in [0.2, 0.25) is 11.9 Å². The molecule has 0 saturated heterocycles. The van der Waals surface area contributed by atoms with Gasteiger partial charge in [-0.15, -0.1) is 0 Å². The zero-order valence-electron chi connectivity index (χ0n) is 18.3. The molecule has 0 amide bonds. The summed E-state index contributed by atoms with van der Waals surface area (Å²) in [6.07, 6.45) is 1.78. The molecule has 0 unspecified atom stereocenters. The molecular weight excluding hydrogens is 374 g/mol. The summed E-state index contributed by atoms with van der Waals surface area (Å²) in [6, 6.07) is 17.4. The SMILES string of the molecule is Cc1ccc(CCNc2nc(NCCc3ccc(C)cc3)nc(OC(C)C)n2)cc1. The van der Waals surface area contributed by atoms with Gasteiger partial charge in [-0.25, -0.2) is 0 Å². The summed E-state index contributed by atoms with van der Waals surface area (Å²) in [5.74, 6) is 1.04. The van der Waals surface area contributed by atoms with E-state index in [4.69, 9.17) is 4.74 Å². The van der Waals surface area contributed by atoms with E-state index in [0.29, 0.717) is 17.9 Å². The highest BCUT2D eigenvalue weighted by Gasteiger charge is 2.09. The van der Waals surface area contributed by atoms with E-state index in [-0.39, 0.29) is 6.10 Å². The van der Waals surface area contributed by atoms with Gasteiger partial charge in [-0.05, 0) is 51.7 Å². The summed E-state index contributed by atoms with van der Waals surface area (Å²) in [4.78, 5) is 13.3. The Kier molecular flexibility index (Phi) is 7.60. The Bertz CT molecular complexity index is 854. The largest absolute Gasteiger partial charge is 0.461 e. The molecule has 1 aromatic heterocycles. The molecule has 0 saturated carbocycles. The fourth-order valence-electron chi connectivity index (χ4n) is 2.92. The second kappa shape index (κ2) is 10.6. The van der Waals surface area contributed by atoms with Gasteiger partial charge in [0.05, 0.1) is 6.10 Å². The van der Waals surface area contributed by atoms with E-state index >= 15 is 0 Å². The zero-order chi connectivity index (χ0) is 21.3. The zero-order valence-corrected chi connectivity index (χ0v) is 18.3. The lowest BCUT2D eigenvalue weighted by atomic mass is 10.1. The maximum atomic E-state index is 5.71. The summed E-state index contributed by atoms with van der Waals surface area (Å²) >= 11 is 0. The molecule has 3 rings (SSSR count). The quantitative estimate of drug-likeness (QED) is 0.514. The van der Waals surface area contributed by atoms with E-state index in [2.05, 4.69) is 88.0 Å². The summed E-state index contributed by atoms with van der Waals surface area (Å²) in [5, 5.41) is 6.59. The van der Waals surface area contributed by atoms with Crippen molar-refractivity contribution < 1.29 is 4.74 Å². The number of nitrogens with one attached hydrogen (secondary N) is 2. The van der Waals surface area contributed by atoms with Crippen molar-refractivity contribution in [2.75, 3.05) is 23.7 Å². The highest BCUT2D eigenvalue weighted by atomic mass is 16.5. The molecule has 0 bridgehead atoms. The van der Waals surface area contributed by atoms with Gasteiger partial charge in [-0.2, -0.15) is 15.0 Å². The fourth-order valence-corrected chi connectivity index (χ4v) is 2.92. The predicted octanol–water partition coefficient (Wildman–Crippen LogP) is 4.58. The van der Waals surface area contributed by atoms with Crippen LogP contribution < -0.4 is 15.4 Å². The first kappa shape index (κ1) is 21.6. The van der Waals surface area contributed by atoms with Crippen molar-refractivity contribution in [3.05, 3.63) is 70.8 Å². The number of hydrogen-bond acceptors (Lipinski definition) is 6. The Hall–Kier alpha value is -3.15. The van der Waals surface area contributed by atoms with Gasteiger partial charge in [0.25, 0.3) is 0 Å². The summed E-state index contributed by atoms with van der Waals surface area (Å²) in [6.45, 7) is 9.57. The maximum absolute atomic E-state index is 5.71. The number of nitrogens with zero attached hydrogens (tertiary/aromatic N) is 3. The van der Waals surface area contributed by atoms with E-state index < -0.39 is 0 Å². The third-order valence-electron chi connectivity index (χ3n) is 4.59.